The quantitative estimate of drug-likeness (QED) is 0.103. The van der Waals surface area contributed by atoms with Crippen LogP contribution in [0.15, 0.2) is 12.2 Å². The van der Waals surface area contributed by atoms with Gasteiger partial charge in [0.2, 0.25) is 5.91 Å². The van der Waals surface area contributed by atoms with Crippen LogP contribution in [0.25, 0.3) is 0 Å². The van der Waals surface area contributed by atoms with Crippen LogP contribution in [-0.2, 0) is 14.4 Å². The fourth-order valence-corrected chi connectivity index (χ4v) is 4.65. The molecule has 0 spiro atoms. The van der Waals surface area contributed by atoms with Gasteiger partial charge >= 0.3 is 11.9 Å². The second kappa shape index (κ2) is 21.9. The summed E-state index contributed by atoms with van der Waals surface area (Å²) in [6.45, 7) is 1.74. The number of aliphatic hydroxyl groups excluding tert-OH is 1. The maximum atomic E-state index is 11.9. The number of carboxylic acids is 2. The third kappa shape index (κ3) is 19.9. The lowest BCUT2D eigenvalue weighted by Crippen LogP contribution is -2.44. The van der Waals surface area contributed by atoms with Gasteiger partial charge in [-0.1, -0.05) is 76.9 Å². The number of carboxylic acid groups (broad SMARTS) is 2. The maximum absolute atomic E-state index is 11.9. The number of carbonyl (C=O) groups is 3. The molecular formula is C25H46N2O6S. The van der Waals surface area contributed by atoms with E-state index in [0.717, 1.165) is 12.8 Å². The van der Waals surface area contributed by atoms with Crippen LogP contribution in [0.4, 0.5) is 0 Å². The number of carbonyl (C=O) groups excluding carboxylic acids is 1. The summed E-state index contributed by atoms with van der Waals surface area (Å²) < 4.78 is 0. The Labute approximate surface area is 209 Å². The van der Waals surface area contributed by atoms with Crippen LogP contribution in [0.3, 0.4) is 0 Å². The molecule has 0 aromatic heterocycles. The normalized spacial score (nSPS) is 14.1. The highest BCUT2D eigenvalue weighted by atomic mass is 32.2. The number of nitrogens with one attached hydrogen (secondary N) is 1. The van der Waals surface area contributed by atoms with E-state index in [4.69, 9.17) is 15.9 Å². The lowest BCUT2D eigenvalue weighted by Gasteiger charge is -2.21. The number of aliphatic carboxylic acids is 2. The number of nitrogens with two attached hydrogens (primary N) is 1. The molecule has 0 saturated heterocycles. The molecule has 3 atom stereocenters. The van der Waals surface area contributed by atoms with Crippen molar-refractivity contribution in [2.75, 3.05) is 12.3 Å². The molecule has 6 N–H and O–H groups in total. The zero-order valence-electron chi connectivity index (χ0n) is 20.8. The van der Waals surface area contributed by atoms with Crippen LogP contribution in [0.5, 0.6) is 0 Å². The van der Waals surface area contributed by atoms with E-state index >= 15 is 0 Å². The van der Waals surface area contributed by atoms with Crippen molar-refractivity contribution in [3.05, 3.63) is 12.2 Å². The average molecular weight is 503 g/mol. The molecule has 0 unspecified atom stereocenters. The van der Waals surface area contributed by atoms with E-state index in [-0.39, 0.29) is 17.4 Å². The predicted octanol–water partition coefficient (Wildman–Crippen LogP) is 4.10. The van der Waals surface area contributed by atoms with E-state index in [0.29, 0.717) is 12.8 Å². The molecule has 0 aromatic carbocycles. The predicted molar refractivity (Wildman–Crippen MR) is 138 cm³/mol. The van der Waals surface area contributed by atoms with E-state index in [1.807, 2.05) is 12.2 Å². The van der Waals surface area contributed by atoms with Crippen molar-refractivity contribution in [2.45, 2.75) is 114 Å². The Balaban J connectivity index is 4.37. The number of rotatable bonds is 23. The van der Waals surface area contributed by atoms with Gasteiger partial charge in [-0.15, -0.1) is 11.8 Å². The molecule has 0 radical (unpaired) electrons. The number of unbranched alkanes of at least 4 members (excludes halogenated alkanes) is 10. The highest BCUT2D eigenvalue weighted by molar-refractivity contribution is 8.00. The molecule has 198 valence electrons. The van der Waals surface area contributed by atoms with E-state index in [1.165, 1.54) is 69.5 Å². The molecule has 0 aliphatic heterocycles. The second-order valence-electron chi connectivity index (χ2n) is 8.77. The van der Waals surface area contributed by atoms with Crippen molar-refractivity contribution in [1.29, 1.82) is 0 Å². The summed E-state index contributed by atoms with van der Waals surface area (Å²) in [4.78, 5) is 33.2. The Morgan fingerprint density at radius 1 is 0.912 bits per heavy atom. The SMILES string of the molecule is CCCCCCCCCCCC/C=C\[C@@H](SC[C@H](N)C(=O)NCC(=O)O)[C@@H](O)CCCC(=O)O. The first-order chi connectivity index (χ1) is 16.3. The van der Waals surface area contributed by atoms with Gasteiger partial charge < -0.3 is 26.4 Å². The Kier molecular flexibility index (Phi) is 20.9. The Bertz CT molecular complexity index is 588. The minimum atomic E-state index is -1.14. The highest BCUT2D eigenvalue weighted by Crippen LogP contribution is 2.22. The molecule has 0 aromatic rings. The Morgan fingerprint density at radius 3 is 2.06 bits per heavy atom. The van der Waals surface area contributed by atoms with Gasteiger partial charge in [-0.2, -0.15) is 0 Å². The fourth-order valence-electron chi connectivity index (χ4n) is 3.49. The van der Waals surface area contributed by atoms with Crippen molar-refractivity contribution in [1.82, 2.24) is 5.32 Å². The molecule has 34 heavy (non-hydrogen) atoms. The molecule has 0 rings (SSSR count). The smallest absolute Gasteiger partial charge is 0.322 e. The minimum absolute atomic E-state index is 0.00608. The van der Waals surface area contributed by atoms with E-state index in [1.54, 1.807) is 0 Å². The zero-order chi connectivity index (χ0) is 25.6. The molecule has 8 nitrogen and oxygen atoms in total. The highest BCUT2D eigenvalue weighted by Gasteiger charge is 2.21. The largest absolute Gasteiger partial charge is 0.481 e. The molecule has 0 aliphatic carbocycles. The van der Waals surface area contributed by atoms with E-state index < -0.39 is 36.5 Å². The summed E-state index contributed by atoms with van der Waals surface area (Å²) in [6, 6.07) is -0.895. The van der Waals surface area contributed by atoms with Crippen molar-refractivity contribution in [3.63, 3.8) is 0 Å². The summed E-state index contributed by atoms with van der Waals surface area (Å²) in [7, 11) is 0. The molecule has 1 amide bonds. The van der Waals surface area contributed by atoms with Crippen molar-refractivity contribution >= 4 is 29.6 Å². The monoisotopic (exact) mass is 502 g/mol. The van der Waals surface area contributed by atoms with Crippen LogP contribution >= 0.6 is 11.8 Å². The molecule has 0 saturated carbocycles. The summed E-state index contributed by atoms with van der Waals surface area (Å²) >= 11 is 1.32. The number of hydrogen-bond acceptors (Lipinski definition) is 6. The van der Waals surface area contributed by atoms with Crippen LogP contribution in [0.1, 0.15) is 96.8 Å². The average Bonchev–Trinajstić information content (AvgIpc) is 2.79. The summed E-state index contributed by atoms with van der Waals surface area (Å²) in [5.74, 6) is -2.38. The lowest BCUT2D eigenvalue weighted by atomic mass is 10.1. The van der Waals surface area contributed by atoms with Crippen LogP contribution in [-0.4, -0.2) is 62.9 Å². The van der Waals surface area contributed by atoms with Gasteiger partial charge in [0, 0.05) is 17.4 Å². The first-order valence-corrected chi connectivity index (χ1v) is 13.8. The number of allylic oxidation sites excluding steroid dienone is 1. The standard InChI is InChI=1S/C25H46N2O6S/c1-2-3-4-5-6-7-8-9-10-11-12-13-16-22(21(28)15-14-17-23(29)30)34-19-20(26)25(33)27-18-24(31)32/h13,16,20-22,28H,2-12,14-15,17-19,26H2,1H3,(H,27,33)(H,29,30)(H,31,32)/b16-13-/t20-,21-,22+/m0/s1. The van der Waals surface area contributed by atoms with E-state index in [2.05, 4.69) is 12.2 Å². The van der Waals surface area contributed by atoms with Crippen molar-refractivity contribution < 1.29 is 29.7 Å². The van der Waals surface area contributed by atoms with Crippen molar-refractivity contribution in [2.24, 2.45) is 5.73 Å². The van der Waals surface area contributed by atoms with Crippen molar-refractivity contribution in [3.8, 4) is 0 Å². The third-order valence-electron chi connectivity index (χ3n) is 5.54. The first kappa shape index (κ1) is 32.4. The molecular weight excluding hydrogens is 456 g/mol. The third-order valence-corrected chi connectivity index (χ3v) is 6.95. The number of aliphatic hydroxyl groups is 1. The zero-order valence-corrected chi connectivity index (χ0v) is 21.6. The molecule has 9 heteroatoms. The number of thioether (sulfide) groups is 1. The van der Waals surface area contributed by atoms with Gasteiger partial charge in [0.15, 0.2) is 0 Å². The Hall–Kier alpha value is -1.58. The maximum Gasteiger partial charge on any atom is 0.322 e. The lowest BCUT2D eigenvalue weighted by molar-refractivity contribution is -0.138. The number of hydrogen-bond donors (Lipinski definition) is 5. The summed E-state index contributed by atoms with van der Waals surface area (Å²) in [6.07, 6.45) is 17.5. The molecule has 0 bridgehead atoms. The van der Waals surface area contributed by atoms with Gasteiger partial charge in [-0.25, -0.2) is 0 Å². The van der Waals surface area contributed by atoms with E-state index in [9.17, 15) is 19.5 Å². The van der Waals surface area contributed by atoms with Crippen LogP contribution in [0, 0.1) is 0 Å². The second-order valence-corrected chi connectivity index (χ2v) is 9.98. The van der Waals surface area contributed by atoms with Gasteiger partial charge in [0.1, 0.15) is 6.54 Å². The molecule has 0 aliphatic rings. The fraction of sp³-hybridized carbons (Fsp3) is 0.800. The molecule has 0 fully saturated rings. The minimum Gasteiger partial charge on any atom is -0.481 e. The van der Waals surface area contributed by atoms with Gasteiger partial charge in [-0.3, -0.25) is 14.4 Å². The van der Waals surface area contributed by atoms with Crippen LogP contribution in [0.2, 0.25) is 0 Å². The summed E-state index contributed by atoms with van der Waals surface area (Å²) in [5, 5.41) is 30.0. The van der Waals surface area contributed by atoms with Gasteiger partial charge in [-0.05, 0) is 25.7 Å². The molecule has 0 heterocycles. The summed E-state index contributed by atoms with van der Waals surface area (Å²) in [5.41, 5.74) is 5.85. The van der Waals surface area contributed by atoms with Crippen LogP contribution < -0.4 is 11.1 Å². The first-order valence-electron chi connectivity index (χ1n) is 12.7. The number of amides is 1. The van der Waals surface area contributed by atoms with Gasteiger partial charge in [0.25, 0.3) is 0 Å². The topological polar surface area (TPSA) is 150 Å². The Morgan fingerprint density at radius 2 is 1.50 bits per heavy atom. The van der Waals surface area contributed by atoms with Gasteiger partial charge in [0.05, 0.1) is 12.1 Å².